The first-order chi connectivity index (χ1) is 5.41. The maximum absolute atomic E-state index is 10.8. The van der Waals surface area contributed by atoms with E-state index in [-0.39, 0.29) is 5.30 Å². The molecule has 6 heteroatoms. The summed E-state index contributed by atoms with van der Waals surface area (Å²) in [5, 5.41) is 0.00528. The molecule has 0 aliphatic heterocycles. The van der Waals surface area contributed by atoms with E-state index in [4.69, 9.17) is 9.79 Å². The third-order valence-corrected chi connectivity index (χ3v) is 3.70. The van der Waals surface area contributed by atoms with E-state index in [1.807, 2.05) is 0 Å². The number of rotatable bonds is 1. The highest BCUT2D eigenvalue weighted by Crippen LogP contribution is 2.36. The largest absolute Gasteiger partial charge is 0.357 e. The molecule has 0 radical (unpaired) electrons. The van der Waals surface area contributed by atoms with Crippen LogP contribution in [0, 0.1) is 0 Å². The topological polar surface area (TPSA) is 57.5 Å². The summed E-state index contributed by atoms with van der Waals surface area (Å²) in [5.41, 5.74) is 0. The maximum atomic E-state index is 10.8. The molecule has 66 valence electrons. The fourth-order valence-electron chi connectivity index (χ4n) is 0.717. The molecule has 12 heavy (non-hydrogen) atoms. The van der Waals surface area contributed by atoms with E-state index in [0.717, 1.165) is 4.47 Å². The van der Waals surface area contributed by atoms with Crippen LogP contribution in [0.15, 0.2) is 27.1 Å². The molecule has 1 rings (SSSR count). The van der Waals surface area contributed by atoms with Gasteiger partial charge in [0.15, 0.2) is 0 Å². The molecule has 2 N–H and O–H groups in total. The summed E-state index contributed by atoms with van der Waals surface area (Å²) in [6, 6.07) is 4.56. The van der Waals surface area contributed by atoms with Gasteiger partial charge in [0.05, 0.1) is 5.30 Å². The van der Waals surface area contributed by atoms with Crippen LogP contribution in [0.3, 0.4) is 0 Å². The molecule has 0 saturated carbocycles. The second-order valence-electron chi connectivity index (χ2n) is 2.14. The zero-order chi connectivity index (χ0) is 9.35. The van der Waals surface area contributed by atoms with Crippen LogP contribution >= 0.6 is 39.5 Å². The van der Waals surface area contributed by atoms with Crippen LogP contribution in [0.4, 0.5) is 0 Å². The van der Waals surface area contributed by atoms with Crippen LogP contribution in [0.2, 0.25) is 0 Å². The predicted molar refractivity (Wildman–Crippen MR) is 53.5 cm³/mol. The summed E-state index contributed by atoms with van der Waals surface area (Å²) in [7, 11) is -4.14. The first-order valence-corrected chi connectivity index (χ1v) is 6.12. The SMILES string of the molecule is O=P(O)(O)c1ccc(Br)cc1Br. The predicted octanol–water partition coefficient (Wildman–Crippen LogP) is 2.01. The van der Waals surface area contributed by atoms with Crippen molar-refractivity contribution >= 4 is 44.8 Å². The molecule has 3 nitrogen and oxygen atoms in total. The van der Waals surface area contributed by atoms with Crippen molar-refractivity contribution in [3.8, 4) is 0 Å². The minimum Gasteiger partial charge on any atom is -0.321 e. The van der Waals surface area contributed by atoms with Gasteiger partial charge in [-0.25, -0.2) is 0 Å². The summed E-state index contributed by atoms with van der Waals surface area (Å²) in [6.07, 6.45) is 0. The Hall–Kier alpha value is 0.330. The second kappa shape index (κ2) is 3.60. The average Bonchev–Trinajstić information content (AvgIpc) is 1.83. The lowest BCUT2D eigenvalue weighted by Gasteiger charge is -2.05. The molecule has 0 saturated heterocycles. The van der Waals surface area contributed by atoms with E-state index >= 15 is 0 Å². The van der Waals surface area contributed by atoms with Crippen molar-refractivity contribution in [2.24, 2.45) is 0 Å². The third kappa shape index (κ3) is 2.41. The Kier molecular flexibility index (Phi) is 3.12. The zero-order valence-corrected chi connectivity index (χ0v) is 9.80. The van der Waals surface area contributed by atoms with Gasteiger partial charge in [-0.1, -0.05) is 15.9 Å². The lowest BCUT2D eigenvalue weighted by molar-refractivity contribution is 0.387. The zero-order valence-electron chi connectivity index (χ0n) is 5.74. The molecule has 0 aliphatic carbocycles. The average molecular weight is 316 g/mol. The first kappa shape index (κ1) is 10.4. The molecular formula is C6H5Br2O3P. The van der Waals surface area contributed by atoms with Gasteiger partial charge in [-0.05, 0) is 34.1 Å². The second-order valence-corrected chi connectivity index (χ2v) is 5.48. The van der Waals surface area contributed by atoms with Crippen molar-refractivity contribution in [2.45, 2.75) is 0 Å². The monoisotopic (exact) mass is 314 g/mol. The van der Waals surface area contributed by atoms with E-state index in [9.17, 15) is 4.57 Å². The molecule has 0 unspecified atom stereocenters. The number of halogens is 2. The van der Waals surface area contributed by atoms with Gasteiger partial charge in [0, 0.05) is 8.95 Å². The minimum atomic E-state index is -4.14. The fraction of sp³-hybridized carbons (Fsp3) is 0. The van der Waals surface area contributed by atoms with E-state index in [0.29, 0.717) is 4.47 Å². The third-order valence-electron chi connectivity index (χ3n) is 1.22. The highest BCUT2D eigenvalue weighted by Gasteiger charge is 2.19. The lowest BCUT2D eigenvalue weighted by Crippen LogP contribution is -2.04. The summed E-state index contributed by atoms with van der Waals surface area (Å²) >= 11 is 6.24. The summed E-state index contributed by atoms with van der Waals surface area (Å²) in [4.78, 5) is 17.7. The fourth-order valence-corrected chi connectivity index (χ4v) is 3.07. The van der Waals surface area contributed by atoms with Crippen LogP contribution < -0.4 is 5.30 Å². The van der Waals surface area contributed by atoms with Crippen LogP contribution in [-0.2, 0) is 4.57 Å². The summed E-state index contributed by atoms with van der Waals surface area (Å²) in [5.74, 6) is 0. The Morgan fingerprint density at radius 2 is 1.83 bits per heavy atom. The van der Waals surface area contributed by atoms with Crippen LogP contribution in [0.5, 0.6) is 0 Å². The van der Waals surface area contributed by atoms with Gasteiger partial charge in [0.2, 0.25) is 0 Å². The molecule has 0 amide bonds. The maximum Gasteiger partial charge on any atom is 0.357 e. The molecule has 0 aliphatic rings. The van der Waals surface area contributed by atoms with Crippen molar-refractivity contribution in [1.29, 1.82) is 0 Å². The summed E-state index contributed by atoms with van der Waals surface area (Å²) in [6.45, 7) is 0. The Morgan fingerprint density at radius 3 is 2.25 bits per heavy atom. The molecule has 0 atom stereocenters. The molecule has 0 fully saturated rings. The van der Waals surface area contributed by atoms with Crippen molar-refractivity contribution in [1.82, 2.24) is 0 Å². The van der Waals surface area contributed by atoms with Crippen LogP contribution in [0.25, 0.3) is 0 Å². The van der Waals surface area contributed by atoms with Crippen molar-refractivity contribution < 1.29 is 14.4 Å². The highest BCUT2D eigenvalue weighted by atomic mass is 79.9. The van der Waals surface area contributed by atoms with E-state index in [2.05, 4.69) is 31.9 Å². The quantitative estimate of drug-likeness (QED) is 0.780. The standard InChI is InChI=1S/C6H5Br2O3P/c7-4-1-2-6(5(8)3-4)12(9,10)11/h1-3H,(H2,9,10,11). The molecule has 0 bridgehead atoms. The number of hydrogen-bond donors (Lipinski definition) is 2. The van der Waals surface area contributed by atoms with E-state index in [1.54, 1.807) is 12.1 Å². The smallest absolute Gasteiger partial charge is 0.321 e. The lowest BCUT2D eigenvalue weighted by atomic mass is 10.4. The van der Waals surface area contributed by atoms with Gasteiger partial charge in [0.1, 0.15) is 0 Å². The van der Waals surface area contributed by atoms with E-state index in [1.165, 1.54) is 6.07 Å². The van der Waals surface area contributed by atoms with Gasteiger partial charge < -0.3 is 9.79 Å². The van der Waals surface area contributed by atoms with Gasteiger partial charge in [-0.15, -0.1) is 0 Å². The molecule has 0 heterocycles. The molecule has 0 aromatic heterocycles. The Bertz CT molecular complexity index is 347. The minimum absolute atomic E-state index is 0.00528. The number of hydrogen-bond acceptors (Lipinski definition) is 1. The van der Waals surface area contributed by atoms with Gasteiger partial charge in [0.25, 0.3) is 0 Å². The Labute approximate surface area is 86.2 Å². The molecule has 0 spiro atoms. The van der Waals surface area contributed by atoms with Crippen LogP contribution in [-0.4, -0.2) is 9.79 Å². The molecule has 1 aromatic carbocycles. The highest BCUT2D eigenvalue weighted by molar-refractivity contribution is 9.11. The van der Waals surface area contributed by atoms with Crippen molar-refractivity contribution in [2.75, 3.05) is 0 Å². The van der Waals surface area contributed by atoms with Gasteiger partial charge >= 0.3 is 7.60 Å². The van der Waals surface area contributed by atoms with Crippen LogP contribution in [0.1, 0.15) is 0 Å². The van der Waals surface area contributed by atoms with E-state index < -0.39 is 7.60 Å². The normalized spacial score (nSPS) is 11.7. The van der Waals surface area contributed by atoms with Crippen molar-refractivity contribution in [3.63, 3.8) is 0 Å². The summed E-state index contributed by atoms with van der Waals surface area (Å²) < 4.78 is 12.0. The van der Waals surface area contributed by atoms with Crippen molar-refractivity contribution in [3.05, 3.63) is 27.1 Å². The first-order valence-electron chi connectivity index (χ1n) is 2.92. The molecular weight excluding hydrogens is 311 g/mol. The Balaban J connectivity index is 3.28. The number of benzene rings is 1. The Morgan fingerprint density at radius 1 is 1.25 bits per heavy atom. The van der Waals surface area contributed by atoms with Gasteiger partial charge in [-0.2, -0.15) is 0 Å². The van der Waals surface area contributed by atoms with Gasteiger partial charge in [-0.3, -0.25) is 4.57 Å². The molecule has 1 aromatic rings.